The highest BCUT2D eigenvalue weighted by molar-refractivity contribution is 6.01. The van der Waals surface area contributed by atoms with Gasteiger partial charge < -0.3 is 14.1 Å². The summed E-state index contributed by atoms with van der Waals surface area (Å²) in [6.45, 7) is 1.80. The number of nitrogens with one attached hydrogen (secondary N) is 1. The highest BCUT2D eigenvalue weighted by Gasteiger charge is 2.22. The highest BCUT2D eigenvalue weighted by Crippen LogP contribution is 2.16. The van der Waals surface area contributed by atoms with Gasteiger partial charge in [0.2, 0.25) is 5.89 Å². The molecule has 1 aromatic carbocycles. The van der Waals surface area contributed by atoms with E-state index >= 15 is 0 Å². The molecule has 8 heteroatoms. The van der Waals surface area contributed by atoms with Crippen molar-refractivity contribution in [3.8, 4) is 11.5 Å². The average Bonchev–Trinajstić information content (AvgIpc) is 3.06. The van der Waals surface area contributed by atoms with E-state index in [0.717, 1.165) is 0 Å². The lowest BCUT2D eigenvalue weighted by molar-refractivity contribution is 0.0521. The van der Waals surface area contributed by atoms with E-state index in [9.17, 15) is 9.59 Å². The van der Waals surface area contributed by atoms with Crippen molar-refractivity contribution in [1.82, 2.24) is 20.4 Å². The lowest BCUT2D eigenvalue weighted by atomic mass is 10.2. The van der Waals surface area contributed by atoms with E-state index in [1.165, 1.54) is 4.90 Å². The molecular formula is C14H14N4O4. The van der Waals surface area contributed by atoms with Crippen molar-refractivity contribution in [1.29, 1.82) is 0 Å². The second-order valence-electron chi connectivity index (χ2n) is 4.64. The van der Waals surface area contributed by atoms with E-state index in [2.05, 4.69) is 15.5 Å². The van der Waals surface area contributed by atoms with Gasteiger partial charge in [-0.15, -0.1) is 10.2 Å². The minimum Gasteiger partial charge on any atom is -0.412 e. The van der Waals surface area contributed by atoms with Crippen LogP contribution in [-0.4, -0.2) is 53.3 Å². The third-order valence-corrected chi connectivity index (χ3v) is 3.16. The van der Waals surface area contributed by atoms with Gasteiger partial charge in [0.1, 0.15) is 0 Å². The molecule has 1 aliphatic rings. The fourth-order valence-corrected chi connectivity index (χ4v) is 2.01. The zero-order valence-electron chi connectivity index (χ0n) is 11.7. The smallest absolute Gasteiger partial charge is 0.324 e. The monoisotopic (exact) mass is 302 g/mol. The van der Waals surface area contributed by atoms with Crippen LogP contribution in [0.15, 0.2) is 34.7 Å². The number of benzene rings is 1. The molecule has 1 aromatic heterocycles. The lowest BCUT2D eigenvalue weighted by Crippen LogP contribution is -2.48. The van der Waals surface area contributed by atoms with Crippen molar-refractivity contribution in [2.75, 3.05) is 26.3 Å². The number of aromatic nitrogens is 2. The number of amides is 3. The lowest BCUT2D eigenvalue weighted by Gasteiger charge is -2.26. The summed E-state index contributed by atoms with van der Waals surface area (Å²) in [5, 5.41) is 9.70. The molecule has 1 N–H and O–H groups in total. The van der Waals surface area contributed by atoms with Gasteiger partial charge in [-0.3, -0.25) is 10.1 Å². The van der Waals surface area contributed by atoms with Gasteiger partial charge in [0, 0.05) is 18.7 Å². The number of urea groups is 1. The first-order valence-corrected chi connectivity index (χ1v) is 6.81. The number of hydrogen-bond acceptors (Lipinski definition) is 6. The molecule has 2 aromatic rings. The van der Waals surface area contributed by atoms with Gasteiger partial charge in [0.05, 0.1) is 13.2 Å². The summed E-state index contributed by atoms with van der Waals surface area (Å²) in [5.41, 5.74) is 0.702. The number of morpholine rings is 1. The predicted molar refractivity (Wildman–Crippen MR) is 75.0 cm³/mol. The first kappa shape index (κ1) is 14.2. The molecule has 0 aliphatic carbocycles. The van der Waals surface area contributed by atoms with Gasteiger partial charge in [0.15, 0.2) is 0 Å². The SMILES string of the molecule is O=C(NC(=O)N1CCOCC1)c1nnc(-c2ccccc2)o1. The van der Waals surface area contributed by atoms with Crippen LogP contribution in [0, 0.1) is 0 Å². The largest absolute Gasteiger partial charge is 0.412 e. The number of imide groups is 1. The van der Waals surface area contributed by atoms with Crippen molar-refractivity contribution in [3.63, 3.8) is 0 Å². The zero-order chi connectivity index (χ0) is 15.4. The maximum Gasteiger partial charge on any atom is 0.324 e. The summed E-state index contributed by atoms with van der Waals surface area (Å²) in [4.78, 5) is 25.4. The summed E-state index contributed by atoms with van der Waals surface area (Å²) in [7, 11) is 0. The second-order valence-corrected chi connectivity index (χ2v) is 4.64. The molecular weight excluding hydrogens is 288 g/mol. The number of nitrogens with zero attached hydrogens (tertiary/aromatic N) is 3. The van der Waals surface area contributed by atoms with Gasteiger partial charge in [-0.05, 0) is 12.1 Å². The molecule has 1 fully saturated rings. The molecule has 0 saturated carbocycles. The first-order chi connectivity index (χ1) is 10.7. The maximum atomic E-state index is 12.0. The number of carbonyl (C=O) groups excluding carboxylic acids is 2. The molecule has 3 amide bonds. The quantitative estimate of drug-likeness (QED) is 0.886. The van der Waals surface area contributed by atoms with Crippen LogP contribution < -0.4 is 5.32 Å². The molecule has 2 heterocycles. The molecule has 8 nitrogen and oxygen atoms in total. The summed E-state index contributed by atoms with van der Waals surface area (Å²) in [5.74, 6) is -0.740. The molecule has 0 spiro atoms. The van der Waals surface area contributed by atoms with Crippen LogP contribution in [0.25, 0.3) is 11.5 Å². The molecule has 3 rings (SSSR count). The Labute approximate surface area is 126 Å². The second kappa shape index (κ2) is 6.35. The molecule has 114 valence electrons. The highest BCUT2D eigenvalue weighted by atomic mass is 16.5. The third kappa shape index (κ3) is 3.12. The fraction of sp³-hybridized carbons (Fsp3) is 0.286. The van der Waals surface area contributed by atoms with Crippen LogP contribution in [0.3, 0.4) is 0 Å². The maximum absolute atomic E-state index is 12.0. The molecule has 0 bridgehead atoms. The first-order valence-electron chi connectivity index (χ1n) is 6.81. The van der Waals surface area contributed by atoms with Crippen LogP contribution in [0.2, 0.25) is 0 Å². The van der Waals surface area contributed by atoms with E-state index in [1.54, 1.807) is 12.1 Å². The Morgan fingerprint density at radius 1 is 1.09 bits per heavy atom. The van der Waals surface area contributed by atoms with E-state index < -0.39 is 11.9 Å². The fourth-order valence-electron chi connectivity index (χ4n) is 2.01. The molecule has 0 radical (unpaired) electrons. The Bertz CT molecular complexity index is 664. The van der Waals surface area contributed by atoms with Crippen molar-refractivity contribution in [2.24, 2.45) is 0 Å². The average molecular weight is 302 g/mol. The van der Waals surface area contributed by atoms with Crippen LogP contribution in [-0.2, 0) is 4.74 Å². The molecule has 0 unspecified atom stereocenters. The van der Waals surface area contributed by atoms with Crippen LogP contribution in [0.1, 0.15) is 10.7 Å². The number of ether oxygens (including phenoxy) is 1. The van der Waals surface area contributed by atoms with E-state index in [-0.39, 0.29) is 11.8 Å². The molecule has 1 saturated heterocycles. The number of hydrogen-bond donors (Lipinski definition) is 1. The van der Waals surface area contributed by atoms with Crippen molar-refractivity contribution >= 4 is 11.9 Å². The van der Waals surface area contributed by atoms with E-state index in [0.29, 0.717) is 31.9 Å². The Balaban J connectivity index is 1.65. The number of carbonyl (C=O) groups is 2. The Morgan fingerprint density at radius 3 is 2.55 bits per heavy atom. The van der Waals surface area contributed by atoms with Gasteiger partial charge in [-0.1, -0.05) is 18.2 Å². The summed E-state index contributed by atoms with van der Waals surface area (Å²) < 4.78 is 10.4. The minimum atomic E-state index is -0.717. The van der Waals surface area contributed by atoms with Crippen LogP contribution >= 0.6 is 0 Å². The van der Waals surface area contributed by atoms with Crippen LogP contribution in [0.5, 0.6) is 0 Å². The van der Waals surface area contributed by atoms with E-state index in [4.69, 9.17) is 9.15 Å². The molecule has 22 heavy (non-hydrogen) atoms. The summed E-state index contributed by atoms with van der Waals surface area (Å²) in [6, 6.07) is 8.58. The van der Waals surface area contributed by atoms with Crippen LogP contribution in [0.4, 0.5) is 4.79 Å². The summed E-state index contributed by atoms with van der Waals surface area (Å²) >= 11 is 0. The topological polar surface area (TPSA) is 97.6 Å². The number of rotatable bonds is 2. The minimum absolute atomic E-state index is 0.226. The van der Waals surface area contributed by atoms with Gasteiger partial charge in [-0.25, -0.2) is 4.79 Å². The van der Waals surface area contributed by atoms with Gasteiger partial charge >= 0.3 is 17.8 Å². The molecule has 1 aliphatic heterocycles. The van der Waals surface area contributed by atoms with Crippen molar-refractivity contribution in [3.05, 3.63) is 36.2 Å². The zero-order valence-corrected chi connectivity index (χ0v) is 11.7. The Hall–Kier alpha value is -2.74. The standard InChI is InChI=1S/C14H14N4O4/c19-11(15-14(20)18-6-8-21-9-7-18)13-17-16-12(22-13)10-4-2-1-3-5-10/h1-5H,6-9H2,(H,15,19,20). The van der Waals surface area contributed by atoms with Crippen molar-refractivity contribution in [2.45, 2.75) is 0 Å². The van der Waals surface area contributed by atoms with Gasteiger partial charge in [-0.2, -0.15) is 0 Å². The predicted octanol–water partition coefficient (Wildman–Crippen LogP) is 0.919. The Kier molecular flexibility index (Phi) is 4.10. The van der Waals surface area contributed by atoms with E-state index in [1.807, 2.05) is 18.2 Å². The van der Waals surface area contributed by atoms with Crippen molar-refractivity contribution < 1.29 is 18.7 Å². The molecule has 0 atom stereocenters. The normalized spacial score (nSPS) is 14.6. The third-order valence-electron chi connectivity index (χ3n) is 3.16. The Morgan fingerprint density at radius 2 is 1.82 bits per heavy atom. The summed E-state index contributed by atoms with van der Waals surface area (Å²) in [6.07, 6.45) is 0. The van der Waals surface area contributed by atoms with Gasteiger partial charge in [0.25, 0.3) is 0 Å².